The molecule has 0 aliphatic heterocycles. The lowest BCUT2D eigenvalue weighted by molar-refractivity contribution is -0.145. The van der Waals surface area contributed by atoms with E-state index in [0.29, 0.717) is 12.8 Å². The SMILES string of the molecule is O=C(NC1(C(=O)NC(C(=O)O)C2CCC2)CC1)OCC1c2ccccc2-c2ccccc21. The molecule has 166 valence electrons. The van der Waals surface area contributed by atoms with Crippen molar-refractivity contribution >= 4 is 18.0 Å². The first-order chi connectivity index (χ1) is 15.5. The summed E-state index contributed by atoms with van der Waals surface area (Å²) in [7, 11) is 0. The Kier molecular flexibility index (Phi) is 5.12. The third-order valence-electron chi connectivity index (χ3n) is 7.04. The fourth-order valence-electron chi connectivity index (χ4n) is 4.80. The number of carboxylic acid groups (broad SMARTS) is 1. The zero-order valence-corrected chi connectivity index (χ0v) is 17.7. The van der Waals surface area contributed by atoms with Crippen molar-refractivity contribution in [3.05, 3.63) is 59.7 Å². The van der Waals surface area contributed by atoms with Crippen LogP contribution < -0.4 is 10.6 Å². The van der Waals surface area contributed by atoms with Crippen molar-refractivity contribution in [1.82, 2.24) is 10.6 Å². The second-order valence-electron chi connectivity index (χ2n) is 9.01. The lowest BCUT2D eigenvalue weighted by atomic mass is 9.79. The number of hydrogen-bond donors (Lipinski definition) is 3. The highest BCUT2D eigenvalue weighted by Crippen LogP contribution is 2.44. The van der Waals surface area contributed by atoms with Crippen molar-refractivity contribution in [3.8, 4) is 11.1 Å². The molecule has 3 aliphatic rings. The largest absolute Gasteiger partial charge is 0.480 e. The van der Waals surface area contributed by atoms with E-state index in [4.69, 9.17) is 4.74 Å². The predicted molar refractivity (Wildman–Crippen MR) is 117 cm³/mol. The molecule has 0 heterocycles. The lowest BCUT2D eigenvalue weighted by Crippen LogP contribution is -2.56. The number of benzene rings is 2. The fourth-order valence-corrected chi connectivity index (χ4v) is 4.80. The number of carbonyl (C=O) groups excluding carboxylic acids is 2. The second-order valence-corrected chi connectivity index (χ2v) is 9.01. The summed E-state index contributed by atoms with van der Waals surface area (Å²) < 4.78 is 5.55. The molecule has 2 aromatic rings. The van der Waals surface area contributed by atoms with Crippen molar-refractivity contribution in [1.29, 1.82) is 0 Å². The highest BCUT2D eigenvalue weighted by Gasteiger charge is 2.53. The molecule has 2 fully saturated rings. The van der Waals surface area contributed by atoms with E-state index in [-0.39, 0.29) is 18.4 Å². The fraction of sp³-hybridized carbons (Fsp3) is 0.400. The number of aliphatic carboxylic acids is 1. The Morgan fingerprint density at radius 2 is 1.59 bits per heavy atom. The van der Waals surface area contributed by atoms with E-state index in [1.54, 1.807) is 0 Å². The van der Waals surface area contributed by atoms with Crippen molar-refractivity contribution < 1.29 is 24.2 Å². The number of carbonyl (C=O) groups is 3. The summed E-state index contributed by atoms with van der Waals surface area (Å²) in [5, 5.41) is 14.8. The molecule has 0 bridgehead atoms. The molecule has 5 rings (SSSR count). The maximum Gasteiger partial charge on any atom is 0.408 e. The molecule has 3 aliphatic carbocycles. The summed E-state index contributed by atoms with van der Waals surface area (Å²) in [5.74, 6) is -1.57. The summed E-state index contributed by atoms with van der Waals surface area (Å²) in [6, 6.07) is 15.3. The molecule has 0 radical (unpaired) electrons. The van der Waals surface area contributed by atoms with Gasteiger partial charge < -0.3 is 20.5 Å². The zero-order chi connectivity index (χ0) is 22.3. The van der Waals surface area contributed by atoms with Crippen LogP contribution in [0.15, 0.2) is 48.5 Å². The number of rotatable bonds is 7. The molecule has 1 unspecified atom stereocenters. The quantitative estimate of drug-likeness (QED) is 0.619. The highest BCUT2D eigenvalue weighted by atomic mass is 16.5. The van der Waals surface area contributed by atoms with Crippen LogP contribution in [0.1, 0.15) is 49.1 Å². The van der Waals surface area contributed by atoms with E-state index in [1.807, 2.05) is 36.4 Å². The highest BCUT2D eigenvalue weighted by molar-refractivity contribution is 5.95. The number of carboxylic acids is 1. The number of alkyl carbamates (subject to hydrolysis) is 1. The molecule has 32 heavy (non-hydrogen) atoms. The van der Waals surface area contributed by atoms with Gasteiger partial charge in [-0.15, -0.1) is 0 Å². The van der Waals surface area contributed by atoms with Gasteiger partial charge >= 0.3 is 12.1 Å². The molecule has 7 heteroatoms. The summed E-state index contributed by atoms with van der Waals surface area (Å²) in [4.78, 5) is 36.9. The van der Waals surface area contributed by atoms with E-state index in [2.05, 4.69) is 22.8 Å². The minimum absolute atomic E-state index is 0.0401. The van der Waals surface area contributed by atoms with Gasteiger partial charge in [0, 0.05) is 5.92 Å². The first-order valence-corrected chi connectivity index (χ1v) is 11.2. The van der Waals surface area contributed by atoms with Crippen LogP contribution in [-0.2, 0) is 14.3 Å². The summed E-state index contributed by atoms with van der Waals surface area (Å²) in [5.41, 5.74) is 3.45. The average Bonchev–Trinajstić information content (AvgIpc) is 3.46. The Morgan fingerprint density at radius 1 is 1.00 bits per heavy atom. The molecule has 7 nitrogen and oxygen atoms in total. The third-order valence-corrected chi connectivity index (χ3v) is 7.04. The van der Waals surface area contributed by atoms with Gasteiger partial charge in [0.25, 0.3) is 0 Å². The number of ether oxygens (including phenoxy) is 1. The van der Waals surface area contributed by atoms with Crippen LogP contribution in [-0.4, -0.2) is 41.3 Å². The van der Waals surface area contributed by atoms with Crippen molar-refractivity contribution in [2.24, 2.45) is 5.92 Å². The standard InChI is InChI=1S/C25H26N2O5/c28-22(29)21(15-6-5-7-15)26-23(30)25(12-13-25)27-24(31)32-14-20-18-10-3-1-8-16(18)17-9-2-4-11-19(17)20/h1-4,8-11,15,20-21H,5-7,12-14H2,(H,26,30)(H,27,31)(H,28,29). The summed E-state index contributed by atoms with van der Waals surface area (Å²) >= 11 is 0. The normalized spacial score (nSPS) is 19.1. The molecule has 2 aromatic carbocycles. The maximum atomic E-state index is 12.8. The van der Waals surface area contributed by atoms with Gasteiger partial charge in [-0.1, -0.05) is 55.0 Å². The third kappa shape index (κ3) is 3.61. The number of amides is 2. The Morgan fingerprint density at radius 3 is 2.09 bits per heavy atom. The first kappa shape index (κ1) is 20.5. The van der Waals surface area contributed by atoms with Gasteiger partial charge in [0.2, 0.25) is 5.91 Å². The van der Waals surface area contributed by atoms with Crippen molar-refractivity contribution in [2.75, 3.05) is 6.61 Å². The Hall–Kier alpha value is -3.35. The number of hydrogen-bond acceptors (Lipinski definition) is 4. The lowest BCUT2D eigenvalue weighted by Gasteiger charge is -2.32. The van der Waals surface area contributed by atoms with Crippen molar-refractivity contribution in [2.45, 2.75) is 49.6 Å². The second kappa shape index (κ2) is 7.97. The van der Waals surface area contributed by atoms with Gasteiger partial charge in [0.15, 0.2) is 0 Å². The Bertz CT molecular complexity index is 1030. The van der Waals surface area contributed by atoms with E-state index >= 15 is 0 Å². The van der Waals surface area contributed by atoms with Gasteiger partial charge in [0.05, 0.1) is 0 Å². The van der Waals surface area contributed by atoms with Gasteiger partial charge in [-0.3, -0.25) is 4.79 Å². The van der Waals surface area contributed by atoms with Crippen LogP contribution in [0.2, 0.25) is 0 Å². The number of fused-ring (bicyclic) bond motifs is 3. The molecule has 2 saturated carbocycles. The molecule has 0 spiro atoms. The van der Waals surface area contributed by atoms with E-state index in [0.717, 1.165) is 41.5 Å². The van der Waals surface area contributed by atoms with E-state index in [9.17, 15) is 19.5 Å². The minimum atomic E-state index is -1.07. The average molecular weight is 434 g/mol. The molecule has 0 saturated heterocycles. The van der Waals surface area contributed by atoms with Gasteiger partial charge in [-0.25, -0.2) is 9.59 Å². The molecule has 3 N–H and O–H groups in total. The van der Waals surface area contributed by atoms with Crippen LogP contribution in [0.25, 0.3) is 11.1 Å². The van der Waals surface area contributed by atoms with Gasteiger partial charge in [-0.05, 0) is 53.9 Å². The Balaban J connectivity index is 1.22. The zero-order valence-electron chi connectivity index (χ0n) is 17.7. The van der Waals surface area contributed by atoms with Crippen LogP contribution in [0.5, 0.6) is 0 Å². The topological polar surface area (TPSA) is 105 Å². The number of nitrogens with one attached hydrogen (secondary N) is 2. The van der Waals surface area contributed by atoms with E-state index < -0.39 is 29.6 Å². The van der Waals surface area contributed by atoms with Crippen LogP contribution >= 0.6 is 0 Å². The van der Waals surface area contributed by atoms with Gasteiger partial charge in [-0.2, -0.15) is 0 Å². The summed E-state index contributed by atoms with van der Waals surface area (Å²) in [6.45, 7) is 0.164. The smallest absolute Gasteiger partial charge is 0.408 e. The molecular weight excluding hydrogens is 408 g/mol. The van der Waals surface area contributed by atoms with E-state index in [1.165, 1.54) is 0 Å². The van der Waals surface area contributed by atoms with Crippen LogP contribution in [0, 0.1) is 5.92 Å². The molecule has 0 aromatic heterocycles. The maximum absolute atomic E-state index is 12.8. The summed E-state index contributed by atoms with van der Waals surface area (Å²) in [6.07, 6.45) is 2.86. The van der Waals surface area contributed by atoms with Crippen molar-refractivity contribution in [3.63, 3.8) is 0 Å². The van der Waals surface area contributed by atoms with Gasteiger partial charge in [0.1, 0.15) is 18.2 Å². The first-order valence-electron chi connectivity index (χ1n) is 11.2. The Labute approximate surface area is 186 Å². The molecular formula is C25H26N2O5. The monoisotopic (exact) mass is 434 g/mol. The van der Waals surface area contributed by atoms with Crippen LogP contribution in [0.4, 0.5) is 4.79 Å². The molecule has 1 atom stereocenters. The minimum Gasteiger partial charge on any atom is -0.480 e. The molecule has 2 amide bonds. The van der Waals surface area contributed by atoms with Crippen LogP contribution in [0.3, 0.4) is 0 Å². The predicted octanol–water partition coefficient (Wildman–Crippen LogP) is 3.43.